The lowest BCUT2D eigenvalue weighted by Gasteiger charge is -2.36. The van der Waals surface area contributed by atoms with Crippen LogP contribution in [0.4, 0.5) is 25.1 Å². The molecule has 12 heteroatoms. The smallest absolute Gasteiger partial charge is 0.410 e. The normalized spacial score (nSPS) is 16.8. The van der Waals surface area contributed by atoms with Gasteiger partial charge in [-0.3, -0.25) is 0 Å². The Morgan fingerprint density at radius 2 is 1.76 bits per heavy atom. The molecule has 0 spiro atoms. The summed E-state index contributed by atoms with van der Waals surface area (Å²) in [6, 6.07) is 10.4. The Balaban J connectivity index is 1.35. The lowest BCUT2D eigenvalue weighted by molar-refractivity contribution is -0.0861. The Bertz CT molecular complexity index is 1590. The predicted octanol–water partition coefficient (Wildman–Crippen LogP) is 7.62. The SMILES string of the molecule is Cc1nnc(N[C@H](C)c2cccc(C(F)(F)C3CCN(C(=O)OC(C)(C)C)CC3)c2)c2cc(N3CCOCC3)cc(OCCCCCCO)c12. The maximum Gasteiger partial charge on any atom is 0.410 e. The van der Waals surface area contributed by atoms with Crippen LogP contribution in [0.3, 0.4) is 0 Å². The quantitative estimate of drug-likeness (QED) is 0.174. The lowest BCUT2D eigenvalue weighted by Crippen LogP contribution is -2.44. The van der Waals surface area contributed by atoms with Gasteiger partial charge in [-0.2, -0.15) is 5.10 Å². The van der Waals surface area contributed by atoms with Crippen molar-refractivity contribution < 1.29 is 32.9 Å². The highest BCUT2D eigenvalue weighted by Gasteiger charge is 2.43. The van der Waals surface area contributed by atoms with E-state index in [0.29, 0.717) is 31.2 Å². The number of aryl methyl sites for hydroxylation is 1. The summed E-state index contributed by atoms with van der Waals surface area (Å²) in [4.78, 5) is 16.3. The fraction of sp³-hybridized carbons (Fsp3) is 0.605. The maximum absolute atomic E-state index is 16.0. The number of hydrogen-bond acceptors (Lipinski definition) is 9. The van der Waals surface area contributed by atoms with Crippen molar-refractivity contribution in [2.45, 2.75) is 90.7 Å². The highest BCUT2D eigenvalue weighted by molar-refractivity contribution is 5.99. The standard InChI is InChI=1S/C38H53F2N5O5/c1-26(28-11-10-12-30(23-28)38(39,40)29-13-15-45(16-14-29)36(47)50-37(3,4)5)41-35-32-24-31(44-17-21-48-22-18-44)25-33(34(32)27(2)42-43-35)49-20-9-7-6-8-19-46/h10-12,23-26,29,46H,6-9,13-22H2,1-5H3,(H,41,43)/t26-/m1/s1. The molecule has 2 aliphatic rings. The van der Waals surface area contributed by atoms with Gasteiger partial charge in [-0.15, -0.1) is 5.10 Å². The zero-order valence-corrected chi connectivity index (χ0v) is 30.1. The maximum atomic E-state index is 16.0. The molecule has 2 N–H and O–H groups in total. The third-order valence-electron chi connectivity index (χ3n) is 9.47. The number of rotatable bonds is 13. The van der Waals surface area contributed by atoms with E-state index in [0.717, 1.165) is 66.7 Å². The largest absolute Gasteiger partial charge is 0.493 e. The van der Waals surface area contributed by atoms with Crippen molar-refractivity contribution in [2.75, 3.05) is 62.8 Å². The molecule has 0 unspecified atom stereocenters. The minimum absolute atomic E-state index is 0.0384. The number of halogens is 2. The summed E-state index contributed by atoms with van der Waals surface area (Å²) < 4.78 is 49.4. The summed E-state index contributed by atoms with van der Waals surface area (Å²) in [5.74, 6) is -2.68. The number of piperidine rings is 1. The van der Waals surface area contributed by atoms with E-state index in [4.69, 9.17) is 19.3 Å². The van der Waals surface area contributed by atoms with E-state index in [2.05, 4.69) is 32.5 Å². The zero-order chi connectivity index (χ0) is 35.9. The van der Waals surface area contributed by atoms with Crippen LogP contribution < -0.4 is 15.0 Å². The number of unbranched alkanes of at least 4 members (excludes halogenated alkanes) is 3. The van der Waals surface area contributed by atoms with Crippen molar-refractivity contribution in [1.29, 1.82) is 0 Å². The van der Waals surface area contributed by atoms with Crippen LogP contribution in [0.15, 0.2) is 36.4 Å². The number of likely N-dealkylation sites (tertiary alicyclic amines) is 1. The van der Waals surface area contributed by atoms with Crippen molar-refractivity contribution in [1.82, 2.24) is 15.1 Å². The third-order valence-corrected chi connectivity index (χ3v) is 9.47. The van der Waals surface area contributed by atoms with E-state index in [9.17, 15) is 4.79 Å². The highest BCUT2D eigenvalue weighted by Crippen LogP contribution is 2.43. The van der Waals surface area contributed by atoms with Gasteiger partial charge >= 0.3 is 6.09 Å². The molecule has 1 amide bonds. The van der Waals surface area contributed by atoms with E-state index < -0.39 is 23.5 Å². The van der Waals surface area contributed by atoms with Crippen molar-refractivity contribution in [2.24, 2.45) is 5.92 Å². The van der Waals surface area contributed by atoms with Crippen LogP contribution in [-0.2, 0) is 15.4 Å². The number of morpholine rings is 1. The molecular weight excluding hydrogens is 644 g/mol. The topological polar surface area (TPSA) is 109 Å². The molecule has 0 saturated carbocycles. The monoisotopic (exact) mass is 697 g/mol. The van der Waals surface area contributed by atoms with E-state index in [1.54, 1.807) is 32.9 Å². The fourth-order valence-electron chi connectivity index (χ4n) is 6.65. The Hall–Kier alpha value is -3.77. The molecule has 5 rings (SSSR count). The molecule has 2 aromatic carbocycles. The molecule has 50 heavy (non-hydrogen) atoms. The molecule has 274 valence electrons. The van der Waals surface area contributed by atoms with Crippen LogP contribution in [0.5, 0.6) is 5.75 Å². The molecule has 2 saturated heterocycles. The molecule has 2 fully saturated rings. The van der Waals surface area contributed by atoms with Crippen molar-refractivity contribution >= 4 is 28.4 Å². The second kappa shape index (κ2) is 16.5. The number of nitrogens with zero attached hydrogens (tertiary/aromatic N) is 4. The van der Waals surface area contributed by atoms with Crippen molar-refractivity contribution in [3.05, 3.63) is 53.2 Å². The number of carbonyl (C=O) groups excluding carboxylic acids is 1. The number of carbonyl (C=O) groups is 1. The van der Waals surface area contributed by atoms with Crippen LogP contribution in [-0.4, -0.2) is 84.5 Å². The molecule has 0 aliphatic carbocycles. The van der Waals surface area contributed by atoms with Gasteiger partial charge < -0.3 is 34.4 Å². The van der Waals surface area contributed by atoms with Gasteiger partial charge in [0.25, 0.3) is 5.92 Å². The predicted molar refractivity (Wildman–Crippen MR) is 191 cm³/mol. The van der Waals surface area contributed by atoms with E-state index in [-0.39, 0.29) is 44.1 Å². The van der Waals surface area contributed by atoms with Gasteiger partial charge in [-0.1, -0.05) is 24.6 Å². The molecule has 0 radical (unpaired) electrons. The number of nitrogens with one attached hydrogen (secondary N) is 1. The molecule has 3 heterocycles. The third kappa shape index (κ3) is 9.31. The first-order chi connectivity index (χ1) is 23.9. The number of anilines is 2. The Kier molecular flexibility index (Phi) is 12.4. The van der Waals surface area contributed by atoms with Gasteiger partial charge in [0.05, 0.1) is 36.9 Å². The number of ether oxygens (including phenoxy) is 3. The molecule has 1 atom stereocenters. The Morgan fingerprint density at radius 3 is 2.46 bits per heavy atom. The first-order valence-electron chi connectivity index (χ1n) is 18.0. The molecule has 10 nitrogen and oxygen atoms in total. The van der Waals surface area contributed by atoms with Gasteiger partial charge in [0.2, 0.25) is 0 Å². The van der Waals surface area contributed by atoms with Gasteiger partial charge in [-0.25, -0.2) is 13.6 Å². The van der Waals surface area contributed by atoms with Gasteiger partial charge in [0.1, 0.15) is 11.4 Å². The minimum atomic E-state index is -3.07. The number of alkyl halides is 2. The number of hydrogen-bond donors (Lipinski definition) is 2. The van der Waals surface area contributed by atoms with Crippen LogP contribution in [0.1, 0.15) is 89.1 Å². The van der Waals surface area contributed by atoms with E-state index in [1.165, 1.54) is 11.0 Å². The summed E-state index contributed by atoms with van der Waals surface area (Å²) in [5, 5.41) is 23.3. The second-order valence-electron chi connectivity index (χ2n) is 14.4. The molecule has 3 aromatic rings. The number of amides is 1. The van der Waals surface area contributed by atoms with E-state index >= 15 is 8.78 Å². The number of aliphatic hydroxyl groups excluding tert-OH is 1. The summed E-state index contributed by atoms with van der Waals surface area (Å²) in [5.41, 5.74) is 1.76. The van der Waals surface area contributed by atoms with Crippen LogP contribution >= 0.6 is 0 Å². The zero-order valence-electron chi connectivity index (χ0n) is 30.1. The fourth-order valence-corrected chi connectivity index (χ4v) is 6.65. The second-order valence-corrected chi connectivity index (χ2v) is 14.4. The number of aliphatic hydroxyl groups is 1. The molecule has 0 bridgehead atoms. The molecule has 2 aliphatic heterocycles. The first-order valence-corrected chi connectivity index (χ1v) is 18.0. The van der Waals surface area contributed by atoms with Gasteiger partial charge in [-0.05, 0) is 84.4 Å². The van der Waals surface area contributed by atoms with Crippen molar-refractivity contribution in [3.8, 4) is 5.75 Å². The van der Waals surface area contributed by atoms with Crippen molar-refractivity contribution in [3.63, 3.8) is 0 Å². The van der Waals surface area contributed by atoms with Crippen LogP contribution in [0, 0.1) is 12.8 Å². The number of benzene rings is 2. The van der Waals surface area contributed by atoms with Gasteiger partial charge in [0.15, 0.2) is 5.82 Å². The number of aromatic nitrogens is 2. The lowest BCUT2D eigenvalue weighted by atomic mass is 9.85. The summed E-state index contributed by atoms with van der Waals surface area (Å²) in [7, 11) is 0. The average molecular weight is 698 g/mol. The highest BCUT2D eigenvalue weighted by atomic mass is 19.3. The Morgan fingerprint density at radius 1 is 1.04 bits per heavy atom. The summed E-state index contributed by atoms with van der Waals surface area (Å²) in [6.45, 7) is 13.2. The van der Waals surface area contributed by atoms with Crippen LogP contribution in [0.2, 0.25) is 0 Å². The minimum Gasteiger partial charge on any atom is -0.493 e. The Labute approximate surface area is 294 Å². The average Bonchev–Trinajstić information content (AvgIpc) is 3.10. The number of fused-ring (bicyclic) bond motifs is 1. The molecule has 1 aromatic heterocycles. The molecular formula is C38H53F2N5O5. The van der Waals surface area contributed by atoms with Gasteiger partial charge in [0, 0.05) is 61.4 Å². The van der Waals surface area contributed by atoms with E-state index in [1.807, 2.05) is 19.9 Å². The van der Waals surface area contributed by atoms with Crippen LogP contribution in [0.25, 0.3) is 10.8 Å². The first kappa shape index (κ1) is 37.5. The summed E-state index contributed by atoms with van der Waals surface area (Å²) >= 11 is 0. The summed E-state index contributed by atoms with van der Waals surface area (Å²) in [6.07, 6.45) is 3.49.